The fourth-order valence-corrected chi connectivity index (χ4v) is 1.56. The van der Waals surface area contributed by atoms with Crippen molar-refractivity contribution in [2.75, 3.05) is 0 Å². The van der Waals surface area contributed by atoms with Gasteiger partial charge in [0.25, 0.3) is 0 Å². The molecule has 17 heavy (non-hydrogen) atoms. The molecule has 3 nitrogen and oxygen atoms in total. The van der Waals surface area contributed by atoms with E-state index >= 15 is 0 Å². The molecular weight excluding hydrogens is 210 g/mol. The van der Waals surface area contributed by atoms with E-state index in [2.05, 4.69) is 32.0 Å². The predicted octanol–water partition coefficient (Wildman–Crippen LogP) is 1.72. The van der Waals surface area contributed by atoms with Crippen molar-refractivity contribution in [3.05, 3.63) is 60.5 Å². The lowest BCUT2D eigenvalue weighted by atomic mass is 10.1. The van der Waals surface area contributed by atoms with Gasteiger partial charge in [-0.25, -0.2) is 0 Å². The molecule has 92 valence electrons. The van der Waals surface area contributed by atoms with Crippen LogP contribution in [0.3, 0.4) is 0 Å². The van der Waals surface area contributed by atoms with Gasteiger partial charge in [0.2, 0.25) is 0 Å². The van der Waals surface area contributed by atoms with Gasteiger partial charge < -0.3 is 16.8 Å². The molecule has 0 bridgehead atoms. The van der Waals surface area contributed by atoms with Gasteiger partial charge >= 0.3 is 0 Å². The zero-order valence-corrected chi connectivity index (χ0v) is 10.4. The van der Waals surface area contributed by atoms with E-state index in [0.29, 0.717) is 18.2 Å². The Balaban J connectivity index is 2.29. The lowest BCUT2D eigenvalue weighted by Gasteiger charge is -2.08. The molecule has 0 saturated heterocycles. The van der Waals surface area contributed by atoms with Gasteiger partial charge in [0.05, 0.1) is 6.04 Å². The predicted molar refractivity (Wildman–Crippen MR) is 74.0 cm³/mol. The third-order valence-corrected chi connectivity index (χ3v) is 2.85. The summed E-state index contributed by atoms with van der Waals surface area (Å²) in [6.07, 6.45) is 6.40. The molecule has 3 heteroatoms. The molecule has 1 rings (SSSR count). The van der Waals surface area contributed by atoms with Crippen molar-refractivity contribution in [2.24, 2.45) is 11.5 Å². The minimum absolute atomic E-state index is 0.191. The largest absolute Gasteiger partial charge is 0.401 e. The van der Waals surface area contributed by atoms with Crippen LogP contribution in [0, 0.1) is 0 Å². The van der Waals surface area contributed by atoms with E-state index in [9.17, 15) is 0 Å². The molecule has 1 aliphatic carbocycles. The van der Waals surface area contributed by atoms with E-state index < -0.39 is 0 Å². The van der Waals surface area contributed by atoms with Crippen LogP contribution in [0.15, 0.2) is 60.5 Å². The molecule has 0 fully saturated rings. The summed E-state index contributed by atoms with van der Waals surface area (Å²) in [6.45, 7) is 13.4. The maximum atomic E-state index is 5.73. The molecule has 0 aromatic rings. The quantitative estimate of drug-likeness (QED) is 0.585. The summed E-state index contributed by atoms with van der Waals surface area (Å²) in [7, 11) is 0. The van der Waals surface area contributed by atoms with Gasteiger partial charge in [0.1, 0.15) is 0 Å². The highest BCUT2D eigenvalue weighted by Gasteiger charge is 2.29. The van der Waals surface area contributed by atoms with Crippen LogP contribution in [-0.4, -0.2) is 12.1 Å². The van der Waals surface area contributed by atoms with Crippen LogP contribution < -0.4 is 16.8 Å². The van der Waals surface area contributed by atoms with E-state index in [4.69, 9.17) is 11.5 Å². The molecule has 0 amide bonds. The van der Waals surface area contributed by atoms with Crippen LogP contribution in [0.2, 0.25) is 0 Å². The Bertz CT molecular complexity index is 402. The van der Waals surface area contributed by atoms with Gasteiger partial charge in [-0.15, -0.1) is 0 Å². The minimum atomic E-state index is -0.191. The molecule has 2 atom stereocenters. The Morgan fingerprint density at radius 2 is 2.18 bits per heavy atom. The molecule has 5 N–H and O–H groups in total. The Hall–Kier alpha value is -1.74. The smallest absolute Gasteiger partial charge is 0.0731 e. The first kappa shape index (κ1) is 13.3. The van der Waals surface area contributed by atoms with E-state index in [0.717, 1.165) is 5.70 Å². The zero-order chi connectivity index (χ0) is 13.0. The van der Waals surface area contributed by atoms with E-state index in [-0.39, 0.29) is 6.04 Å². The molecule has 2 unspecified atom stereocenters. The third-order valence-electron chi connectivity index (χ3n) is 2.85. The highest BCUT2D eigenvalue weighted by atomic mass is 15.0. The highest BCUT2D eigenvalue weighted by Crippen LogP contribution is 2.32. The highest BCUT2D eigenvalue weighted by molar-refractivity contribution is 5.52. The molecule has 0 aromatic carbocycles. The average molecular weight is 231 g/mol. The van der Waals surface area contributed by atoms with Gasteiger partial charge in [-0.2, -0.15) is 0 Å². The number of rotatable bonds is 7. The summed E-state index contributed by atoms with van der Waals surface area (Å²) < 4.78 is 0. The molecule has 0 heterocycles. The lowest BCUT2D eigenvalue weighted by molar-refractivity contribution is 0.774. The van der Waals surface area contributed by atoms with Crippen LogP contribution >= 0.6 is 0 Å². The number of nitrogens with two attached hydrogens (primary N) is 2. The van der Waals surface area contributed by atoms with Crippen LogP contribution in [0.4, 0.5) is 0 Å². The van der Waals surface area contributed by atoms with Gasteiger partial charge in [0, 0.05) is 17.4 Å². The number of nitrogens with one attached hydrogen (secondary N) is 1. The zero-order valence-electron chi connectivity index (χ0n) is 10.4. The third kappa shape index (κ3) is 3.64. The Kier molecular flexibility index (Phi) is 4.35. The van der Waals surface area contributed by atoms with Crippen LogP contribution in [0.5, 0.6) is 0 Å². The monoisotopic (exact) mass is 231 g/mol. The normalized spacial score (nSPS) is 20.2. The van der Waals surface area contributed by atoms with Gasteiger partial charge in [-0.05, 0) is 30.6 Å². The van der Waals surface area contributed by atoms with Crippen molar-refractivity contribution >= 4 is 0 Å². The van der Waals surface area contributed by atoms with E-state index in [1.54, 1.807) is 0 Å². The van der Waals surface area contributed by atoms with Crippen molar-refractivity contribution in [1.29, 1.82) is 0 Å². The second kappa shape index (κ2) is 5.55. The SMILES string of the molecule is C=CC1=C(C)C1NC(=C)/C=C\CC(N)C(=C)N. The van der Waals surface area contributed by atoms with Crippen LogP contribution in [-0.2, 0) is 0 Å². The second-order valence-electron chi connectivity index (χ2n) is 4.26. The molecular formula is C14H21N3. The first-order valence-electron chi connectivity index (χ1n) is 5.62. The van der Waals surface area contributed by atoms with Crippen molar-refractivity contribution in [3.63, 3.8) is 0 Å². The summed E-state index contributed by atoms with van der Waals surface area (Å²) in [5.41, 5.74) is 15.2. The Morgan fingerprint density at radius 3 is 2.65 bits per heavy atom. The number of hydrogen-bond donors (Lipinski definition) is 3. The summed E-state index contributed by atoms with van der Waals surface area (Å²) >= 11 is 0. The van der Waals surface area contributed by atoms with E-state index in [1.165, 1.54) is 11.1 Å². The van der Waals surface area contributed by atoms with Gasteiger partial charge in [-0.1, -0.05) is 31.9 Å². The Labute approximate surface area is 103 Å². The number of allylic oxidation sites excluding steroid dienone is 1. The lowest BCUT2D eigenvalue weighted by Crippen LogP contribution is -2.25. The maximum absolute atomic E-state index is 5.73. The maximum Gasteiger partial charge on any atom is 0.0731 e. The fraction of sp³-hybridized carbons (Fsp3) is 0.286. The molecule has 0 aliphatic heterocycles. The van der Waals surface area contributed by atoms with Gasteiger partial charge in [0.15, 0.2) is 0 Å². The summed E-state index contributed by atoms with van der Waals surface area (Å²) in [6, 6.07) is 0.117. The standard InChI is InChI=1S/C14H21N3/c1-5-12-10(3)14(12)17-9(2)7-6-8-13(16)11(4)15/h5-7,13-14,17H,1-2,4,8,15-16H2,3H3/b7-6-. The topological polar surface area (TPSA) is 64.1 Å². The van der Waals surface area contributed by atoms with Crippen molar-refractivity contribution in [2.45, 2.75) is 25.4 Å². The molecule has 0 aromatic heterocycles. The summed E-state index contributed by atoms with van der Waals surface area (Å²) in [4.78, 5) is 0. The molecule has 0 radical (unpaired) electrons. The van der Waals surface area contributed by atoms with Crippen LogP contribution in [0.25, 0.3) is 0 Å². The molecule has 1 aliphatic rings. The average Bonchev–Trinajstić information content (AvgIpc) is 2.87. The van der Waals surface area contributed by atoms with Crippen molar-refractivity contribution in [3.8, 4) is 0 Å². The molecule has 0 saturated carbocycles. The molecule has 0 spiro atoms. The Morgan fingerprint density at radius 1 is 1.53 bits per heavy atom. The van der Waals surface area contributed by atoms with Gasteiger partial charge in [-0.3, -0.25) is 0 Å². The summed E-state index contributed by atoms with van der Waals surface area (Å²) in [5.74, 6) is 0. The fourth-order valence-electron chi connectivity index (χ4n) is 1.56. The van der Waals surface area contributed by atoms with Crippen LogP contribution in [0.1, 0.15) is 13.3 Å². The second-order valence-corrected chi connectivity index (χ2v) is 4.26. The summed E-state index contributed by atoms with van der Waals surface area (Å²) in [5, 5.41) is 3.29. The first-order valence-corrected chi connectivity index (χ1v) is 5.62. The van der Waals surface area contributed by atoms with Crippen molar-refractivity contribution < 1.29 is 0 Å². The number of hydrogen-bond acceptors (Lipinski definition) is 3. The van der Waals surface area contributed by atoms with E-state index in [1.807, 2.05) is 18.2 Å². The first-order chi connectivity index (χ1) is 7.97. The van der Waals surface area contributed by atoms with Crippen molar-refractivity contribution in [1.82, 2.24) is 5.32 Å². The minimum Gasteiger partial charge on any atom is -0.401 e.